The van der Waals surface area contributed by atoms with Crippen LogP contribution in [-0.2, 0) is 15.0 Å². The topological polar surface area (TPSA) is 79.4 Å². The zero-order valence-corrected chi connectivity index (χ0v) is 15.9. The highest BCUT2D eigenvalue weighted by atomic mass is 32.2. The van der Waals surface area contributed by atoms with Crippen molar-refractivity contribution in [3.63, 3.8) is 0 Å². The third-order valence-corrected chi connectivity index (χ3v) is 5.90. The molecule has 0 atom stereocenters. The molecule has 142 valence electrons. The maximum Gasteiger partial charge on any atom is 0.293 e. The monoisotopic (exact) mass is 393 g/mol. The SMILES string of the molecule is O=C1S/C(=C\c2cccnc2)C(=O)N1CCNC(=O)C1(c2ccccc2)CC1. The molecule has 1 aromatic heterocycles. The maximum absolute atomic E-state index is 12.6. The summed E-state index contributed by atoms with van der Waals surface area (Å²) in [7, 11) is 0. The van der Waals surface area contributed by atoms with Gasteiger partial charge in [0.15, 0.2) is 0 Å². The summed E-state index contributed by atoms with van der Waals surface area (Å²) < 4.78 is 0. The van der Waals surface area contributed by atoms with Gasteiger partial charge in [0.2, 0.25) is 5.91 Å². The third-order valence-electron chi connectivity index (χ3n) is 4.99. The first-order chi connectivity index (χ1) is 13.6. The van der Waals surface area contributed by atoms with Crippen LogP contribution in [-0.4, -0.2) is 40.0 Å². The molecule has 0 radical (unpaired) electrons. The molecule has 28 heavy (non-hydrogen) atoms. The van der Waals surface area contributed by atoms with Crippen LogP contribution in [0.2, 0.25) is 0 Å². The predicted octanol–water partition coefficient (Wildman–Crippen LogP) is 2.97. The van der Waals surface area contributed by atoms with Gasteiger partial charge in [-0.1, -0.05) is 36.4 Å². The summed E-state index contributed by atoms with van der Waals surface area (Å²) >= 11 is 0.908. The normalized spacial score (nSPS) is 19.1. The van der Waals surface area contributed by atoms with Crippen molar-refractivity contribution in [2.24, 2.45) is 0 Å². The summed E-state index contributed by atoms with van der Waals surface area (Å²) in [6, 6.07) is 13.3. The molecule has 2 heterocycles. The number of benzene rings is 1. The number of carbonyl (C=O) groups is 3. The molecule has 7 heteroatoms. The molecule has 1 saturated carbocycles. The molecule has 1 aromatic carbocycles. The van der Waals surface area contributed by atoms with Crippen LogP contribution in [0.25, 0.3) is 6.08 Å². The number of rotatable bonds is 6. The van der Waals surface area contributed by atoms with Gasteiger partial charge >= 0.3 is 0 Å². The zero-order valence-electron chi connectivity index (χ0n) is 15.1. The fourth-order valence-electron chi connectivity index (χ4n) is 3.28. The molecule has 1 aliphatic heterocycles. The van der Waals surface area contributed by atoms with Gasteiger partial charge in [-0.15, -0.1) is 0 Å². The van der Waals surface area contributed by atoms with Crippen molar-refractivity contribution in [3.05, 3.63) is 70.9 Å². The van der Waals surface area contributed by atoms with E-state index in [1.54, 1.807) is 24.5 Å². The van der Waals surface area contributed by atoms with Gasteiger partial charge in [0.1, 0.15) is 0 Å². The van der Waals surface area contributed by atoms with Crippen LogP contribution >= 0.6 is 11.8 Å². The largest absolute Gasteiger partial charge is 0.354 e. The lowest BCUT2D eigenvalue weighted by molar-refractivity contribution is -0.125. The van der Waals surface area contributed by atoms with E-state index < -0.39 is 5.41 Å². The second kappa shape index (κ2) is 7.59. The average Bonchev–Trinajstić information content (AvgIpc) is 3.49. The molecule has 3 amide bonds. The summed E-state index contributed by atoms with van der Waals surface area (Å²) in [5, 5.41) is 2.57. The molecular weight excluding hydrogens is 374 g/mol. The molecule has 0 unspecified atom stereocenters. The van der Waals surface area contributed by atoms with Gasteiger partial charge in [-0.3, -0.25) is 24.3 Å². The molecule has 2 aromatic rings. The minimum absolute atomic E-state index is 0.0448. The van der Waals surface area contributed by atoms with Gasteiger partial charge in [0.05, 0.1) is 10.3 Å². The van der Waals surface area contributed by atoms with E-state index in [2.05, 4.69) is 10.3 Å². The summed E-state index contributed by atoms with van der Waals surface area (Å²) in [4.78, 5) is 42.9. The Morgan fingerprint density at radius 1 is 1.18 bits per heavy atom. The van der Waals surface area contributed by atoms with Crippen molar-refractivity contribution in [2.45, 2.75) is 18.3 Å². The number of imide groups is 1. The average molecular weight is 393 g/mol. The van der Waals surface area contributed by atoms with E-state index in [1.807, 2.05) is 36.4 Å². The Labute approximate surface area is 167 Å². The number of hydrogen-bond donors (Lipinski definition) is 1. The third kappa shape index (κ3) is 3.57. The van der Waals surface area contributed by atoms with Crippen molar-refractivity contribution < 1.29 is 14.4 Å². The summed E-state index contributed by atoms with van der Waals surface area (Å²) in [6.45, 7) is 0.400. The minimum atomic E-state index is -0.458. The van der Waals surface area contributed by atoms with E-state index in [0.29, 0.717) is 4.91 Å². The van der Waals surface area contributed by atoms with E-state index in [-0.39, 0.29) is 30.1 Å². The van der Waals surface area contributed by atoms with Crippen molar-refractivity contribution in [2.75, 3.05) is 13.1 Å². The first kappa shape index (κ1) is 18.4. The number of pyridine rings is 1. The number of aromatic nitrogens is 1. The smallest absolute Gasteiger partial charge is 0.293 e. The maximum atomic E-state index is 12.6. The first-order valence-corrected chi connectivity index (χ1v) is 9.91. The number of nitrogens with one attached hydrogen (secondary N) is 1. The van der Waals surface area contributed by atoms with E-state index in [1.165, 1.54) is 4.90 Å². The number of carbonyl (C=O) groups excluding carboxylic acids is 3. The highest BCUT2D eigenvalue weighted by molar-refractivity contribution is 8.18. The fourth-order valence-corrected chi connectivity index (χ4v) is 4.15. The highest BCUT2D eigenvalue weighted by Gasteiger charge is 2.51. The van der Waals surface area contributed by atoms with E-state index >= 15 is 0 Å². The van der Waals surface area contributed by atoms with Gasteiger partial charge in [0.25, 0.3) is 11.1 Å². The van der Waals surface area contributed by atoms with Crippen LogP contribution in [0.15, 0.2) is 59.8 Å². The van der Waals surface area contributed by atoms with Crippen molar-refractivity contribution >= 4 is 34.9 Å². The molecule has 1 saturated heterocycles. The van der Waals surface area contributed by atoms with Crippen LogP contribution in [0.4, 0.5) is 4.79 Å². The van der Waals surface area contributed by atoms with Crippen LogP contribution in [0, 0.1) is 0 Å². The van der Waals surface area contributed by atoms with Crippen LogP contribution < -0.4 is 5.32 Å². The molecule has 4 rings (SSSR count). The molecule has 2 fully saturated rings. The van der Waals surface area contributed by atoms with Gasteiger partial charge in [0, 0.05) is 25.5 Å². The minimum Gasteiger partial charge on any atom is -0.354 e. The van der Waals surface area contributed by atoms with E-state index in [0.717, 1.165) is 35.7 Å². The lowest BCUT2D eigenvalue weighted by Crippen LogP contribution is -2.41. The molecule has 1 aliphatic carbocycles. The Kier molecular flexibility index (Phi) is 5.00. The lowest BCUT2D eigenvalue weighted by Gasteiger charge is -2.17. The number of thioether (sulfide) groups is 1. The molecule has 1 N–H and O–H groups in total. The number of amides is 3. The van der Waals surface area contributed by atoms with E-state index in [4.69, 9.17) is 0 Å². The van der Waals surface area contributed by atoms with Crippen molar-refractivity contribution in [1.29, 1.82) is 0 Å². The Morgan fingerprint density at radius 2 is 1.96 bits per heavy atom. The fraction of sp³-hybridized carbons (Fsp3) is 0.238. The van der Waals surface area contributed by atoms with Gasteiger partial charge in [-0.2, -0.15) is 0 Å². The van der Waals surface area contributed by atoms with Crippen molar-refractivity contribution in [1.82, 2.24) is 15.2 Å². The molecule has 0 spiro atoms. The second-order valence-electron chi connectivity index (χ2n) is 6.82. The number of hydrogen-bond acceptors (Lipinski definition) is 5. The second-order valence-corrected chi connectivity index (χ2v) is 7.82. The highest BCUT2D eigenvalue weighted by Crippen LogP contribution is 2.48. The number of nitrogens with zero attached hydrogens (tertiary/aromatic N) is 2. The van der Waals surface area contributed by atoms with Crippen molar-refractivity contribution in [3.8, 4) is 0 Å². The zero-order chi connectivity index (χ0) is 19.6. The predicted molar refractivity (Wildman–Crippen MR) is 107 cm³/mol. The Morgan fingerprint density at radius 3 is 2.64 bits per heavy atom. The summed E-state index contributed by atoms with van der Waals surface area (Å²) in [5.41, 5.74) is 1.32. The van der Waals surface area contributed by atoms with Crippen LogP contribution in [0.1, 0.15) is 24.0 Å². The summed E-state index contributed by atoms with van der Waals surface area (Å²) in [5.74, 6) is -0.381. The quantitative estimate of drug-likeness (QED) is 0.764. The lowest BCUT2D eigenvalue weighted by atomic mass is 9.95. The van der Waals surface area contributed by atoms with Crippen LogP contribution in [0.5, 0.6) is 0 Å². The Balaban J connectivity index is 1.35. The van der Waals surface area contributed by atoms with Gasteiger partial charge < -0.3 is 5.32 Å². The Bertz CT molecular complexity index is 940. The molecule has 2 aliphatic rings. The summed E-state index contributed by atoms with van der Waals surface area (Å²) in [6.07, 6.45) is 6.57. The molecular formula is C21H19N3O3S. The van der Waals surface area contributed by atoms with Gasteiger partial charge in [-0.25, -0.2) is 0 Å². The first-order valence-electron chi connectivity index (χ1n) is 9.09. The molecule has 6 nitrogen and oxygen atoms in total. The van der Waals surface area contributed by atoms with Crippen LogP contribution in [0.3, 0.4) is 0 Å². The van der Waals surface area contributed by atoms with E-state index in [9.17, 15) is 14.4 Å². The molecule has 0 bridgehead atoms. The standard InChI is InChI=1S/C21H19N3O3S/c25-18-17(13-15-5-4-10-22-14-15)28-20(27)24(18)12-11-23-19(26)21(8-9-21)16-6-2-1-3-7-16/h1-7,10,13-14H,8-9,11-12H2,(H,23,26)/b17-13-. The Hall–Kier alpha value is -2.93. The van der Waals surface area contributed by atoms with Gasteiger partial charge in [-0.05, 0) is 47.9 Å².